The summed E-state index contributed by atoms with van der Waals surface area (Å²) in [6.07, 6.45) is 0. The van der Waals surface area contributed by atoms with Crippen LogP contribution < -0.4 is 0 Å². The molecule has 0 atom stereocenters. The molecular weight excluding hydrogens is 535 g/mol. The Morgan fingerprint density at radius 1 is 1.14 bits per heavy atom. The highest BCUT2D eigenvalue weighted by molar-refractivity contribution is 8.01. The van der Waals surface area contributed by atoms with Crippen LogP contribution in [0.3, 0.4) is 0 Å². The van der Waals surface area contributed by atoms with Gasteiger partial charge in [0.05, 0.1) is 25.6 Å². The van der Waals surface area contributed by atoms with Crippen molar-refractivity contribution in [3.05, 3.63) is 69.5 Å². The molecule has 6 nitrogen and oxygen atoms in total. The molecule has 188 valence electrons. The summed E-state index contributed by atoms with van der Waals surface area (Å²) >= 11 is 15.5. The minimum absolute atomic E-state index is 0.0880. The average molecular weight is 562 g/mol. The number of hydrogen-bond acceptors (Lipinski definition) is 6. The normalized spacial score (nSPS) is 11.6. The van der Waals surface area contributed by atoms with Crippen molar-refractivity contribution in [1.29, 1.82) is 0 Å². The van der Waals surface area contributed by atoms with Crippen molar-refractivity contribution in [1.82, 2.24) is 19.7 Å². The first-order valence-corrected chi connectivity index (χ1v) is 13.7. The fraction of sp³-hybridized carbons (Fsp3) is 0.269. The van der Waals surface area contributed by atoms with Gasteiger partial charge in [0.2, 0.25) is 5.13 Å². The lowest BCUT2D eigenvalue weighted by molar-refractivity contribution is 0.0688. The number of rotatable bonds is 8. The van der Waals surface area contributed by atoms with Gasteiger partial charge in [-0.05, 0) is 50.3 Å². The van der Waals surface area contributed by atoms with Crippen LogP contribution in [0.1, 0.15) is 35.6 Å². The third-order valence-corrected chi connectivity index (χ3v) is 8.26. The molecule has 4 aromatic rings. The third kappa shape index (κ3) is 5.63. The van der Waals surface area contributed by atoms with Gasteiger partial charge in [-0.3, -0.25) is 0 Å². The summed E-state index contributed by atoms with van der Waals surface area (Å²) in [6, 6.07) is 13.3. The summed E-state index contributed by atoms with van der Waals surface area (Å²) in [4.78, 5) is 19.5. The van der Waals surface area contributed by atoms with Gasteiger partial charge in [0.15, 0.2) is 5.69 Å². The Morgan fingerprint density at radius 3 is 2.53 bits per heavy atom. The van der Waals surface area contributed by atoms with Crippen molar-refractivity contribution in [2.24, 2.45) is 0 Å². The number of carboxylic acid groups (broad SMARTS) is 1. The van der Waals surface area contributed by atoms with Gasteiger partial charge >= 0.3 is 5.97 Å². The molecule has 0 aliphatic rings. The van der Waals surface area contributed by atoms with Crippen molar-refractivity contribution in [2.75, 3.05) is 14.1 Å². The maximum absolute atomic E-state index is 12.6. The van der Waals surface area contributed by atoms with Crippen molar-refractivity contribution >= 4 is 52.3 Å². The van der Waals surface area contributed by atoms with E-state index in [4.69, 9.17) is 28.2 Å². The topological polar surface area (TPSA) is 71.2 Å². The molecular formula is C26H26Cl2N4O2S2. The number of carboxylic acids is 1. The zero-order valence-corrected chi connectivity index (χ0v) is 23.7. The van der Waals surface area contributed by atoms with Crippen LogP contribution in [0, 0.1) is 6.92 Å². The predicted molar refractivity (Wildman–Crippen MR) is 150 cm³/mol. The monoisotopic (exact) mass is 560 g/mol. The number of aryl methyl sites for hydroxylation is 1. The van der Waals surface area contributed by atoms with Crippen molar-refractivity contribution < 1.29 is 9.90 Å². The van der Waals surface area contributed by atoms with Gasteiger partial charge in [-0.2, -0.15) is 9.78 Å². The number of nitrogens with zero attached hydrogens (tertiary/aromatic N) is 4. The van der Waals surface area contributed by atoms with Crippen LogP contribution in [0.5, 0.6) is 0 Å². The van der Waals surface area contributed by atoms with Gasteiger partial charge in [0.1, 0.15) is 0 Å². The van der Waals surface area contributed by atoms with E-state index < -0.39 is 5.97 Å². The summed E-state index contributed by atoms with van der Waals surface area (Å²) in [5.74, 6) is -1.06. The Morgan fingerprint density at radius 2 is 1.89 bits per heavy atom. The Balaban J connectivity index is 1.88. The van der Waals surface area contributed by atoms with Crippen LogP contribution in [-0.4, -0.2) is 50.1 Å². The first-order valence-electron chi connectivity index (χ1n) is 11.3. The summed E-state index contributed by atoms with van der Waals surface area (Å²) in [6.45, 7) is 6.78. The first kappa shape index (κ1) is 26.7. The molecule has 1 N–H and O–H groups in total. The van der Waals surface area contributed by atoms with Gasteiger partial charge in [-0.15, -0.1) is 11.8 Å². The minimum Gasteiger partial charge on any atom is -0.476 e. The van der Waals surface area contributed by atoms with E-state index >= 15 is 0 Å². The Labute approximate surface area is 228 Å². The van der Waals surface area contributed by atoms with Crippen molar-refractivity contribution in [3.63, 3.8) is 0 Å². The number of thiazole rings is 1. The molecule has 0 amide bonds. The molecule has 36 heavy (non-hydrogen) atoms. The second kappa shape index (κ2) is 10.9. The van der Waals surface area contributed by atoms with E-state index in [1.165, 1.54) is 16.0 Å². The maximum atomic E-state index is 12.6. The van der Waals surface area contributed by atoms with Gasteiger partial charge < -0.3 is 10.0 Å². The Hall–Kier alpha value is -2.36. The molecule has 2 aromatic carbocycles. The molecule has 0 aliphatic carbocycles. The van der Waals surface area contributed by atoms with E-state index in [1.54, 1.807) is 23.9 Å². The fourth-order valence-corrected chi connectivity index (χ4v) is 6.68. The quantitative estimate of drug-likeness (QED) is 0.224. The van der Waals surface area contributed by atoms with E-state index in [9.17, 15) is 9.90 Å². The molecule has 0 bridgehead atoms. The minimum atomic E-state index is -1.06. The average Bonchev–Trinajstić information content (AvgIpc) is 3.36. The Kier molecular flexibility index (Phi) is 8.12. The fourth-order valence-electron chi connectivity index (χ4n) is 3.90. The number of benzene rings is 2. The third-order valence-electron chi connectivity index (χ3n) is 5.28. The van der Waals surface area contributed by atoms with Crippen LogP contribution in [0.4, 0.5) is 0 Å². The second-order valence-electron chi connectivity index (χ2n) is 8.89. The summed E-state index contributed by atoms with van der Waals surface area (Å²) in [5, 5.41) is 16.6. The highest BCUT2D eigenvalue weighted by Gasteiger charge is 2.27. The van der Waals surface area contributed by atoms with Crippen molar-refractivity contribution in [2.45, 2.75) is 36.8 Å². The number of hydrogen-bond donors (Lipinski definition) is 1. The van der Waals surface area contributed by atoms with Crippen LogP contribution in [-0.2, 0) is 6.54 Å². The Bertz CT molecular complexity index is 1430. The van der Waals surface area contributed by atoms with Gasteiger partial charge in [-0.1, -0.05) is 72.7 Å². The highest BCUT2D eigenvalue weighted by Crippen LogP contribution is 2.42. The van der Waals surface area contributed by atoms with Crippen LogP contribution in [0.25, 0.3) is 27.5 Å². The number of aromatic carboxylic acids is 1. The molecule has 0 unspecified atom stereocenters. The van der Waals surface area contributed by atoms with Crippen LogP contribution >= 0.6 is 46.3 Å². The molecule has 10 heteroatoms. The van der Waals surface area contributed by atoms with Gasteiger partial charge in [0.25, 0.3) is 0 Å². The largest absolute Gasteiger partial charge is 0.476 e. The lowest BCUT2D eigenvalue weighted by atomic mass is 10.0. The maximum Gasteiger partial charge on any atom is 0.355 e. The van der Waals surface area contributed by atoms with Crippen LogP contribution in [0.15, 0.2) is 46.7 Å². The molecule has 0 radical (unpaired) electrons. The standard InChI is InChI=1S/C26H26Cl2N4O2S2/c1-14(2)35-25-22(18-9-10-19(27)20(28)12-18)29-26(36-25)32-23(24(33)34)21(15(3)30-32)17-8-6-7-16(11-17)13-31(4)5/h6-12,14H,13H2,1-5H3,(H,33,34). The van der Waals surface area contributed by atoms with Gasteiger partial charge in [-0.25, -0.2) is 9.78 Å². The van der Waals surface area contributed by atoms with Crippen LogP contribution in [0.2, 0.25) is 10.0 Å². The van der Waals surface area contributed by atoms with E-state index in [0.29, 0.717) is 31.7 Å². The van der Waals surface area contributed by atoms with E-state index in [1.807, 2.05) is 51.4 Å². The number of aromatic nitrogens is 3. The zero-order valence-electron chi connectivity index (χ0n) is 20.5. The summed E-state index contributed by atoms with van der Waals surface area (Å²) < 4.78 is 2.40. The SMILES string of the molecule is Cc1nn(-c2nc(-c3ccc(Cl)c(Cl)c3)c(SC(C)C)s2)c(C(=O)O)c1-c1cccc(CN(C)C)c1. The molecule has 0 saturated heterocycles. The molecule has 0 saturated carbocycles. The summed E-state index contributed by atoms with van der Waals surface area (Å²) in [5.41, 5.74) is 4.75. The lowest BCUT2D eigenvalue weighted by Crippen LogP contribution is -2.11. The number of thioether (sulfide) groups is 1. The second-order valence-corrected chi connectivity index (χ2v) is 12.5. The van der Waals surface area contributed by atoms with E-state index in [2.05, 4.69) is 23.8 Å². The number of carbonyl (C=O) groups is 1. The van der Waals surface area contributed by atoms with E-state index in [-0.39, 0.29) is 5.69 Å². The molecule has 0 fully saturated rings. The molecule has 0 aliphatic heterocycles. The van der Waals surface area contributed by atoms with Crippen molar-refractivity contribution in [3.8, 4) is 27.5 Å². The van der Waals surface area contributed by atoms with Gasteiger partial charge in [0, 0.05) is 22.9 Å². The highest BCUT2D eigenvalue weighted by atomic mass is 35.5. The lowest BCUT2D eigenvalue weighted by Gasteiger charge is -2.11. The first-order chi connectivity index (χ1) is 17.0. The number of halogens is 2. The molecule has 4 rings (SSSR count). The van der Waals surface area contributed by atoms with E-state index in [0.717, 1.165) is 33.1 Å². The predicted octanol–water partition coefficient (Wildman–Crippen LogP) is 7.54. The zero-order chi connectivity index (χ0) is 26.1. The molecule has 2 heterocycles. The smallest absolute Gasteiger partial charge is 0.355 e. The molecule has 0 spiro atoms. The summed E-state index contributed by atoms with van der Waals surface area (Å²) in [7, 11) is 4.00. The molecule has 2 aromatic heterocycles.